The van der Waals surface area contributed by atoms with Crippen molar-refractivity contribution in [3.8, 4) is 28.5 Å². The number of methoxy groups -OCH3 is 1. The maximum absolute atomic E-state index is 12.1. The van der Waals surface area contributed by atoms with Crippen LogP contribution in [0.15, 0.2) is 65.9 Å². The van der Waals surface area contributed by atoms with E-state index in [0.717, 1.165) is 16.7 Å². The maximum Gasteiger partial charge on any atom is 0.339 e. The zero-order valence-electron chi connectivity index (χ0n) is 17.2. The third-order valence-electron chi connectivity index (χ3n) is 4.16. The van der Waals surface area contributed by atoms with E-state index in [1.54, 1.807) is 6.92 Å². The Kier molecular flexibility index (Phi) is 7.08. The second-order valence-corrected chi connectivity index (χ2v) is 7.11. The molecule has 0 saturated carbocycles. The molecule has 3 aromatic rings. The van der Waals surface area contributed by atoms with Crippen molar-refractivity contribution in [3.05, 3.63) is 72.3 Å². The van der Waals surface area contributed by atoms with E-state index in [9.17, 15) is 4.79 Å². The second-order valence-electron chi connectivity index (χ2n) is 6.32. The summed E-state index contributed by atoms with van der Waals surface area (Å²) in [7, 11) is 1.45. The summed E-state index contributed by atoms with van der Waals surface area (Å²) in [6, 6.07) is 15.8. The van der Waals surface area contributed by atoms with E-state index in [0.29, 0.717) is 16.6 Å². The number of carbonyl (C=O) groups excluding carboxylic acids is 1. The fourth-order valence-corrected chi connectivity index (χ4v) is 3.34. The van der Waals surface area contributed by atoms with Crippen molar-refractivity contribution in [1.82, 2.24) is 9.97 Å². The normalized spacial score (nSPS) is 10.8. The highest BCUT2D eigenvalue weighted by atomic mass is 32.2. The Morgan fingerprint density at radius 3 is 2.60 bits per heavy atom. The Morgan fingerprint density at radius 1 is 1.07 bits per heavy atom. The first kappa shape index (κ1) is 21.4. The van der Waals surface area contributed by atoms with Crippen LogP contribution in [-0.4, -0.2) is 29.3 Å². The minimum absolute atomic E-state index is 0.167. The average molecular weight is 423 g/mol. The van der Waals surface area contributed by atoms with Gasteiger partial charge in [0, 0.05) is 0 Å². The molecule has 0 fully saturated rings. The van der Waals surface area contributed by atoms with Gasteiger partial charge in [-0.3, -0.25) is 0 Å². The molecule has 0 bridgehead atoms. The summed E-state index contributed by atoms with van der Waals surface area (Å²) in [6.45, 7) is 3.82. The van der Waals surface area contributed by atoms with Crippen LogP contribution in [0.3, 0.4) is 0 Å². The van der Waals surface area contributed by atoms with Crippen LogP contribution >= 0.6 is 11.8 Å². The van der Waals surface area contributed by atoms with Crippen LogP contribution in [0.5, 0.6) is 17.4 Å². The van der Waals surface area contributed by atoms with E-state index < -0.39 is 5.97 Å². The molecule has 3 rings (SSSR count). The second kappa shape index (κ2) is 9.93. The zero-order valence-corrected chi connectivity index (χ0v) is 18.0. The molecule has 0 aliphatic rings. The molecule has 0 aliphatic carbocycles. The van der Waals surface area contributed by atoms with Gasteiger partial charge in [0.25, 0.3) is 5.88 Å². The number of esters is 1. The lowest BCUT2D eigenvalue weighted by Gasteiger charge is -2.14. The van der Waals surface area contributed by atoms with Gasteiger partial charge in [0.1, 0.15) is 16.6 Å². The fourth-order valence-electron chi connectivity index (χ4n) is 2.80. The van der Waals surface area contributed by atoms with Gasteiger partial charge in [-0.2, -0.15) is 4.98 Å². The van der Waals surface area contributed by atoms with Crippen molar-refractivity contribution >= 4 is 17.7 Å². The van der Waals surface area contributed by atoms with Crippen molar-refractivity contribution in [2.75, 3.05) is 13.4 Å². The van der Waals surface area contributed by atoms with Crippen LogP contribution in [0.4, 0.5) is 0 Å². The standard InChI is InChI=1S/C23H22N2O4S/c1-15-8-5-6-11-19(15)17-9-7-10-18(14-17)28-22-21(29-20(26)12-13-27-3)23(30-4)25-16(2)24-22/h5-14H,1-4H3. The number of hydrogen-bond acceptors (Lipinski definition) is 7. The molecule has 0 amide bonds. The molecule has 0 N–H and O–H groups in total. The summed E-state index contributed by atoms with van der Waals surface area (Å²) in [6.07, 6.45) is 4.25. The first-order chi connectivity index (χ1) is 14.5. The van der Waals surface area contributed by atoms with Crippen LogP contribution in [0.25, 0.3) is 11.1 Å². The van der Waals surface area contributed by atoms with E-state index in [4.69, 9.17) is 14.2 Å². The van der Waals surface area contributed by atoms with E-state index in [-0.39, 0.29) is 11.6 Å². The molecule has 0 saturated heterocycles. The van der Waals surface area contributed by atoms with Gasteiger partial charge >= 0.3 is 5.97 Å². The highest BCUT2D eigenvalue weighted by molar-refractivity contribution is 7.98. The number of ether oxygens (including phenoxy) is 3. The number of benzene rings is 2. The smallest absolute Gasteiger partial charge is 0.339 e. The fraction of sp³-hybridized carbons (Fsp3) is 0.174. The predicted octanol–water partition coefficient (Wildman–Crippen LogP) is 5.34. The highest BCUT2D eigenvalue weighted by Crippen LogP contribution is 2.37. The van der Waals surface area contributed by atoms with Gasteiger partial charge in [0.05, 0.1) is 19.4 Å². The van der Waals surface area contributed by atoms with Crippen LogP contribution in [-0.2, 0) is 9.53 Å². The maximum atomic E-state index is 12.1. The monoisotopic (exact) mass is 422 g/mol. The van der Waals surface area contributed by atoms with Crippen LogP contribution < -0.4 is 9.47 Å². The number of hydrogen-bond donors (Lipinski definition) is 0. The van der Waals surface area contributed by atoms with Gasteiger partial charge in [-0.05, 0) is 48.9 Å². The molecular formula is C23H22N2O4S. The highest BCUT2D eigenvalue weighted by Gasteiger charge is 2.19. The number of thioether (sulfide) groups is 1. The Labute approximate surface area is 179 Å². The lowest BCUT2D eigenvalue weighted by atomic mass is 10.0. The topological polar surface area (TPSA) is 70.5 Å². The lowest BCUT2D eigenvalue weighted by molar-refractivity contribution is -0.129. The third-order valence-corrected chi connectivity index (χ3v) is 4.82. The molecule has 6 nitrogen and oxygen atoms in total. The minimum atomic E-state index is -0.613. The van der Waals surface area contributed by atoms with Crippen molar-refractivity contribution < 1.29 is 19.0 Å². The van der Waals surface area contributed by atoms with E-state index in [2.05, 4.69) is 29.0 Å². The van der Waals surface area contributed by atoms with Crippen molar-refractivity contribution in [3.63, 3.8) is 0 Å². The van der Waals surface area contributed by atoms with Crippen molar-refractivity contribution in [2.24, 2.45) is 0 Å². The van der Waals surface area contributed by atoms with E-state index >= 15 is 0 Å². The predicted molar refractivity (Wildman–Crippen MR) is 117 cm³/mol. The van der Waals surface area contributed by atoms with Crippen molar-refractivity contribution in [2.45, 2.75) is 18.9 Å². The molecule has 0 unspecified atom stereocenters. The molecule has 2 aromatic carbocycles. The Morgan fingerprint density at radius 2 is 1.87 bits per heavy atom. The summed E-state index contributed by atoms with van der Waals surface area (Å²) >= 11 is 1.34. The quantitative estimate of drug-likeness (QED) is 0.167. The molecule has 0 aliphatic heterocycles. The Hall–Kier alpha value is -3.32. The molecule has 7 heteroatoms. The first-order valence-electron chi connectivity index (χ1n) is 9.19. The molecule has 0 radical (unpaired) electrons. The number of aromatic nitrogens is 2. The van der Waals surface area contributed by atoms with Gasteiger partial charge in [-0.15, -0.1) is 11.8 Å². The molecule has 0 spiro atoms. The van der Waals surface area contributed by atoms with Crippen molar-refractivity contribution in [1.29, 1.82) is 0 Å². The van der Waals surface area contributed by atoms with E-state index in [1.807, 2.05) is 42.7 Å². The summed E-state index contributed by atoms with van der Waals surface area (Å²) in [4.78, 5) is 20.8. The SMILES string of the molecule is COC=CC(=O)Oc1c(Oc2cccc(-c3ccccc3C)c2)nc(C)nc1SC. The average Bonchev–Trinajstić information content (AvgIpc) is 2.74. The summed E-state index contributed by atoms with van der Waals surface area (Å²) < 4.78 is 16.3. The zero-order chi connectivity index (χ0) is 21.5. The Balaban J connectivity index is 1.97. The van der Waals surface area contributed by atoms with Gasteiger partial charge in [0.2, 0.25) is 5.75 Å². The minimum Gasteiger partial charge on any atom is -0.504 e. The molecule has 30 heavy (non-hydrogen) atoms. The number of aryl methyl sites for hydroxylation is 2. The number of nitrogens with zero attached hydrogens (tertiary/aromatic N) is 2. The first-order valence-corrected chi connectivity index (χ1v) is 10.4. The van der Waals surface area contributed by atoms with Gasteiger partial charge in [-0.25, -0.2) is 9.78 Å². The summed E-state index contributed by atoms with van der Waals surface area (Å²) in [5.74, 6) is 0.813. The molecular weight excluding hydrogens is 400 g/mol. The largest absolute Gasteiger partial charge is 0.504 e. The van der Waals surface area contributed by atoms with Crippen LogP contribution in [0, 0.1) is 13.8 Å². The lowest BCUT2D eigenvalue weighted by Crippen LogP contribution is -2.08. The number of rotatable bonds is 7. The number of carbonyl (C=O) groups is 1. The molecule has 1 aromatic heterocycles. The summed E-state index contributed by atoms with van der Waals surface area (Å²) in [5.41, 5.74) is 3.29. The Bertz CT molecular complexity index is 1080. The van der Waals surface area contributed by atoms with Gasteiger partial charge in [-0.1, -0.05) is 36.4 Å². The molecule has 154 valence electrons. The van der Waals surface area contributed by atoms with Gasteiger partial charge in [0.15, 0.2) is 0 Å². The van der Waals surface area contributed by atoms with Crippen LogP contribution in [0.1, 0.15) is 11.4 Å². The van der Waals surface area contributed by atoms with Gasteiger partial charge < -0.3 is 14.2 Å². The molecule has 1 heterocycles. The molecule has 0 atom stereocenters. The van der Waals surface area contributed by atoms with E-state index in [1.165, 1.54) is 31.2 Å². The third kappa shape index (κ3) is 5.18. The summed E-state index contributed by atoms with van der Waals surface area (Å²) in [5, 5.41) is 0.506. The van der Waals surface area contributed by atoms with Crippen LogP contribution in [0.2, 0.25) is 0 Å².